The first-order chi connectivity index (χ1) is 6.16. The zero-order valence-electron chi connectivity index (χ0n) is 9.47. The molecule has 13 heavy (non-hydrogen) atoms. The van der Waals surface area contributed by atoms with Crippen molar-refractivity contribution < 1.29 is 0 Å². The van der Waals surface area contributed by atoms with Gasteiger partial charge >= 0.3 is 0 Å². The van der Waals surface area contributed by atoms with Crippen LogP contribution >= 0.6 is 0 Å². The van der Waals surface area contributed by atoms with E-state index in [0.29, 0.717) is 6.04 Å². The van der Waals surface area contributed by atoms with Gasteiger partial charge in [-0.25, -0.2) is 0 Å². The van der Waals surface area contributed by atoms with E-state index < -0.39 is 0 Å². The molecule has 78 valence electrons. The van der Waals surface area contributed by atoms with E-state index in [4.69, 9.17) is 0 Å². The van der Waals surface area contributed by atoms with E-state index in [1.165, 1.54) is 25.7 Å². The van der Waals surface area contributed by atoms with Gasteiger partial charge in [0.25, 0.3) is 0 Å². The first kappa shape index (κ1) is 12.7. The van der Waals surface area contributed by atoms with Crippen LogP contribution in [0.1, 0.15) is 46.5 Å². The standard InChI is InChI=1S/C12H25N/c1-5-6-7-8-9-12(4)10-13-11(2)3/h5,11-13H,1,6-10H2,2-4H3. The minimum absolute atomic E-state index is 0.621. The van der Waals surface area contributed by atoms with Crippen molar-refractivity contribution in [3.63, 3.8) is 0 Å². The Morgan fingerprint density at radius 3 is 2.46 bits per heavy atom. The summed E-state index contributed by atoms with van der Waals surface area (Å²) < 4.78 is 0. The maximum atomic E-state index is 3.72. The van der Waals surface area contributed by atoms with Crippen LogP contribution in [-0.2, 0) is 0 Å². The molecule has 0 radical (unpaired) electrons. The molecule has 1 atom stereocenters. The van der Waals surface area contributed by atoms with E-state index in [-0.39, 0.29) is 0 Å². The van der Waals surface area contributed by atoms with Gasteiger partial charge in [-0.3, -0.25) is 0 Å². The highest BCUT2D eigenvalue weighted by molar-refractivity contribution is 4.66. The Kier molecular flexibility index (Phi) is 8.11. The fraction of sp³-hybridized carbons (Fsp3) is 0.833. The first-order valence-corrected chi connectivity index (χ1v) is 5.51. The normalized spacial score (nSPS) is 13.2. The van der Waals surface area contributed by atoms with Crippen LogP contribution in [0.2, 0.25) is 0 Å². The third kappa shape index (κ3) is 9.62. The molecular formula is C12H25N. The van der Waals surface area contributed by atoms with E-state index in [0.717, 1.165) is 12.5 Å². The van der Waals surface area contributed by atoms with Crippen molar-refractivity contribution in [2.75, 3.05) is 6.54 Å². The third-order valence-corrected chi connectivity index (χ3v) is 2.23. The van der Waals surface area contributed by atoms with E-state index in [1.807, 2.05) is 6.08 Å². The van der Waals surface area contributed by atoms with Gasteiger partial charge in [-0.05, 0) is 31.7 Å². The van der Waals surface area contributed by atoms with Gasteiger partial charge in [0.15, 0.2) is 0 Å². The second-order valence-electron chi connectivity index (χ2n) is 4.24. The van der Waals surface area contributed by atoms with E-state index in [1.54, 1.807) is 0 Å². The van der Waals surface area contributed by atoms with Crippen LogP contribution in [0, 0.1) is 5.92 Å². The molecule has 1 heteroatoms. The van der Waals surface area contributed by atoms with Crippen molar-refractivity contribution in [2.45, 2.75) is 52.5 Å². The zero-order valence-corrected chi connectivity index (χ0v) is 9.47. The van der Waals surface area contributed by atoms with Crippen molar-refractivity contribution >= 4 is 0 Å². The van der Waals surface area contributed by atoms with Crippen LogP contribution in [0.25, 0.3) is 0 Å². The average molecular weight is 183 g/mol. The SMILES string of the molecule is C=CCCCCC(C)CNC(C)C. The molecule has 0 rings (SSSR count). The minimum Gasteiger partial charge on any atom is -0.314 e. The molecule has 0 bridgehead atoms. The van der Waals surface area contributed by atoms with Gasteiger partial charge in [0, 0.05) is 6.04 Å². The molecule has 0 aliphatic heterocycles. The fourth-order valence-electron chi connectivity index (χ4n) is 1.32. The predicted molar refractivity (Wildman–Crippen MR) is 61.0 cm³/mol. The van der Waals surface area contributed by atoms with Crippen LogP contribution in [0.15, 0.2) is 12.7 Å². The molecule has 1 nitrogen and oxygen atoms in total. The Morgan fingerprint density at radius 1 is 1.23 bits per heavy atom. The van der Waals surface area contributed by atoms with Crippen LogP contribution in [0.3, 0.4) is 0 Å². The van der Waals surface area contributed by atoms with Crippen molar-refractivity contribution in [2.24, 2.45) is 5.92 Å². The summed E-state index contributed by atoms with van der Waals surface area (Å²) in [4.78, 5) is 0. The maximum Gasteiger partial charge on any atom is 0.00104 e. The van der Waals surface area contributed by atoms with Crippen LogP contribution < -0.4 is 5.32 Å². The summed E-state index contributed by atoms with van der Waals surface area (Å²) in [7, 11) is 0. The Morgan fingerprint density at radius 2 is 1.92 bits per heavy atom. The lowest BCUT2D eigenvalue weighted by Crippen LogP contribution is -2.27. The van der Waals surface area contributed by atoms with E-state index >= 15 is 0 Å². The maximum absolute atomic E-state index is 3.72. The molecule has 1 N–H and O–H groups in total. The van der Waals surface area contributed by atoms with Gasteiger partial charge in [-0.15, -0.1) is 6.58 Å². The first-order valence-electron chi connectivity index (χ1n) is 5.51. The topological polar surface area (TPSA) is 12.0 Å². The highest BCUT2D eigenvalue weighted by Crippen LogP contribution is 2.08. The van der Waals surface area contributed by atoms with Gasteiger partial charge in [0.1, 0.15) is 0 Å². The largest absolute Gasteiger partial charge is 0.314 e. The summed E-state index contributed by atoms with van der Waals surface area (Å²) >= 11 is 0. The number of unbranched alkanes of at least 4 members (excludes halogenated alkanes) is 2. The number of allylic oxidation sites excluding steroid dienone is 1. The van der Waals surface area contributed by atoms with Crippen LogP contribution in [-0.4, -0.2) is 12.6 Å². The molecule has 1 unspecified atom stereocenters. The number of hydrogen-bond acceptors (Lipinski definition) is 1. The van der Waals surface area contributed by atoms with Gasteiger partial charge < -0.3 is 5.32 Å². The quantitative estimate of drug-likeness (QED) is 0.449. The van der Waals surface area contributed by atoms with Gasteiger partial charge in [-0.1, -0.05) is 33.3 Å². The highest BCUT2D eigenvalue weighted by atomic mass is 14.9. The molecular weight excluding hydrogens is 158 g/mol. The Balaban J connectivity index is 3.19. The summed E-state index contributed by atoms with van der Waals surface area (Å²) in [5.74, 6) is 0.812. The second-order valence-corrected chi connectivity index (χ2v) is 4.24. The van der Waals surface area contributed by atoms with Crippen LogP contribution in [0.5, 0.6) is 0 Å². The molecule has 0 saturated heterocycles. The van der Waals surface area contributed by atoms with Gasteiger partial charge in [0.05, 0.1) is 0 Å². The van der Waals surface area contributed by atoms with Crippen molar-refractivity contribution in [1.29, 1.82) is 0 Å². The number of rotatable bonds is 8. The Bertz CT molecular complexity index is 118. The van der Waals surface area contributed by atoms with Crippen molar-refractivity contribution in [1.82, 2.24) is 5.32 Å². The summed E-state index contributed by atoms with van der Waals surface area (Å²) in [5, 5.41) is 3.47. The van der Waals surface area contributed by atoms with Crippen molar-refractivity contribution in [3.8, 4) is 0 Å². The van der Waals surface area contributed by atoms with Crippen LogP contribution in [0.4, 0.5) is 0 Å². The lowest BCUT2D eigenvalue weighted by Gasteiger charge is -2.14. The molecule has 0 aromatic heterocycles. The lowest BCUT2D eigenvalue weighted by atomic mass is 10.0. The summed E-state index contributed by atoms with van der Waals surface area (Å²) in [5.41, 5.74) is 0. The molecule has 0 saturated carbocycles. The highest BCUT2D eigenvalue weighted by Gasteiger charge is 2.01. The summed E-state index contributed by atoms with van der Waals surface area (Å²) in [6.07, 6.45) is 7.16. The molecule has 0 aromatic rings. The average Bonchev–Trinajstić information content (AvgIpc) is 2.09. The summed E-state index contributed by atoms with van der Waals surface area (Å²) in [6.45, 7) is 11.6. The Labute approximate surface area is 83.6 Å². The smallest absolute Gasteiger partial charge is 0.00104 e. The zero-order chi connectivity index (χ0) is 10.1. The van der Waals surface area contributed by atoms with Gasteiger partial charge in [0.2, 0.25) is 0 Å². The predicted octanol–water partition coefficient (Wildman–Crippen LogP) is 3.37. The monoisotopic (exact) mass is 183 g/mol. The molecule has 0 aliphatic carbocycles. The molecule has 0 fully saturated rings. The molecule has 0 heterocycles. The molecule has 0 aliphatic rings. The lowest BCUT2D eigenvalue weighted by molar-refractivity contribution is 0.438. The fourth-order valence-corrected chi connectivity index (χ4v) is 1.32. The van der Waals surface area contributed by atoms with E-state index in [9.17, 15) is 0 Å². The van der Waals surface area contributed by atoms with Crippen molar-refractivity contribution in [3.05, 3.63) is 12.7 Å². The molecule has 0 spiro atoms. The second kappa shape index (κ2) is 8.31. The Hall–Kier alpha value is -0.300. The number of hydrogen-bond donors (Lipinski definition) is 1. The minimum atomic E-state index is 0.621. The van der Waals surface area contributed by atoms with Gasteiger partial charge in [-0.2, -0.15) is 0 Å². The molecule has 0 amide bonds. The third-order valence-electron chi connectivity index (χ3n) is 2.23. The number of nitrogens with one attached hydrogen (secondary N) is 1. The molecule has 0 aromatic carbocycles. The van der Waals surface area contributed by atoms with E-state index in [2.05, 4.69) is 32.7 Å². The summed E-state index contributed by atoms with van der Waals surface area (Å²) in [6, 6.07) is 0.621.